The molecule has 0 atom stereocenters. The third kappa shape index (κ3) is 4.33. The smallest absolute Gasteiger partial charge is 0.239 e. The van der Waals surface area contributed by atoms with Gasteiger partial charge in [0.25, 0.3) is 0 Å². The number of methoxy groups -OCH3 is 1. The number of primary sulfonamides is 1. The molecule has 1 heterocycles. The summed E-state index contributed by atoms with van der Waals surface area (Å²) in [7, 11) is -2.60. The molecule has 0 bridgehead atoms. The van der Waals surface area contributed by atoms with Crippen LogP contribution in [-0.2, 0) is 10.0 Å². The molecule has 3 aromatic rings. The summed E-state index contributed by atoms with van der Waals surface area (Å²) in [6, 6.07) is 10.3. The molecule has 0 aliphatic rings. The summed E-state index contributed by atoms with van der Waals surface area (Å²) in [5.41, 5.74) is 1.37. The highest BCUT2D eigenvalue weighted by Gasteiger charge is 2.14. The predicted molar refractivity (Wildman–Crippen MR) is 100 cm³/mol. The molecule has 1 aromatic heterocycles. The first-order valence-corrected chi connectivity index (χ1v) is 9.46. The van der Waals surface area contributed by atoms with Gasteiger partial charge in [0.15, 0.2) is 11.6 Å². The van der Waals surface area contributed by atoms with Crippen LogP contribution in [0.15, 0.2) is 53.6 Å². The van der Waals surface area contributed by atoms with Gasteiger partial charge in [-0.05, 0) is 42.5 Å². The number of benzene rings is 2. The molecule has 3 N–H and O–H groups in total. The maximum absolute atomic E-state index is 13.9. The molecule has 0 saturated carbocycles. The molecule has 0 radical (unpaired) electrons. The maximum Gasteiger partial charge on any atom is 0.239 e. The van der Waals surface area contributed by atoms with E-state index in [1.807, 2.05) is 0 Å². The highest BCUT2D eigenvalue weighted by Crippen LogP contribution is 2.27. The summed E-state index contributed by atoms with van der Waals surface area (Å²) in [6.07, 6.45) is 1.49. The number of aromatic nitrogens is 2. The van der Waals surface area contributed by atoms with Crippen molar-refractivity contribution < 1.29 is 17.5 Å². The summed E-state index contributed by atoms with van der Waals surface area (Å²) in [6.45, 7) is 0. The van der Waals surface area contributed by atoms with Crippen LogP contribution in [0.5, 0.6) is 5.75 Å². The topological polar surface area (TPSA) is 107 Å². The number of sulfonamides is 1. The van der Waals surface area contributed by atoms with Gasteiger partial charge in [-0.3, -0.25) is 0 Å². The lowest BCUT2D eigenvalue weighted by atomic mass is 10.1. The van der Waals surface area contributed by atoms with Gasteiger partial charge in [0.05, 0.1) is 17.8 Å². The average Bonchev–Trinajstić information content (AvgIpc) is 2.62. The Morgan fingerprint density at radius 3 is 2.63 bits per heavy atom. The molecular weight excluding hydrogens is 395 g/mol. The van der Waals surface area contributed by atoms with Gasteiger partial charge in [-0.1, -0.05) is 11.6 Å². The number of rotatable bonds is 5. The zero-order valence-corrected chi connectivity index (χ0v) is 15.6. The van der Waals surface area contributed by atoms with E-state index in [1.165, 1.54) is 37.6 Å². The minimum atomic E-state index is -3.98. The Morgan fingerprint density at radius 1 is 1.19 bits per heavy atom. The van der Waals surface area contributed by atoms with Crippen LogP contribution in [0, 0.1) is 5.82 Å². The second-order valence-electron chi connectivity index (χ2n) is 5.43. The van der Waals surface area contributed by atoms with Crippen LogP contribution in [0.1, 0.15) is 0 Å². The number of nitrogens with one attached hydrogen (secondary N) is 1. The second-order valence-corrected chi connectivity index (χ2v) is 7.37. The summed E-state index contributed by atoms with van der Waals surface area (Å²) < 4.78 is 41.9. The van der Waals surface area contributed by atoms with Gasteiger partial charge in [-0.2, -0.15) is 0 Å². The van der Waals surface area contributed by atoms with E-state index in [9.17, 15) is 12.8 Å². The average molecular weight is 409 g/mol. The zero-order valence-electron chi connectivity index (χ0n) is 14.0. The van der Waals surface area contributed by atoms with Gasteiger partial charge < -0.3 is 10.1 Å². The van der Waals surface area contributed by atoms with Crippen molar-refractivity contribution >= 4 is 33.3 Å². The summed E-state index contributed by atoms with van der Waals surface area (Å²) in [4.78, 5) is 8.16. The fourth-order valence-corrected chi connectivity index (χ4v) is 3.40. The molecule has 3 rings (SSSR count). The van der Waals surface area contributed by atoms with Crippen molar-refractivity contribution in [3.8, 4) is 17.0 Å². The largest absolute Gasteiger partial charge is 0.494 e. The molecule has 0 aliphatic heterocycles. The van der Waals surface area contributed by atoms with Crippen LogP contribution < -0.4 is 15.2 Å². The first-order valence-electron chi connectivity index (χ1n) is 7.54. The molecule has 0 fully saturated rings. The van der Waals surface area contributed by atoms with Crippen molar-refractivity contribution in [1.29, 1.82) is 0 Å². The summed E-state index contributed by atoms with van der Waals surface area (Å²) >= 11 is 5.86. The SMILES string of the molecule is COc1ccc(-c2ccnc(Nc3ccc(Cl)c(S(N)(=O)=O)c3)n2)cc1F. The summed E-state index contributed by atoms with van der Waals surface area (Å²) in [5, 5.41) is 8.02. The number of hydrogen-bond donors (Lipinski definition) is 2. The summed E-state index contributed by atoms with van der Waals surface area (Å²) in [5.74, 6) is -0.201. The minimum Gasteiger partial charge on any atom is -0.494 e. The maximum atomic E-state index is 13.9. The van der Waals surface area contributed by atoms with Crippen molar-refractivity contribution in [2.75, 3.05) is 12.4 Å². The van der Waals surface area contributed by atoms with Crippen LogP contribution in [0.3, 0.4) is 0 Å². The lowest BCUT2D eigenvalue weighted by Gasteiger charge is -2.09. The van der Waals surface area contributed by atoms with E-state index in [1.54, 1.807) is 18.2 Å². The fraction of sp³-hybridized carbons (Fsp3) is 0.0588. The molecule has 0 amide bonds. The van der Waals surface area contributed by atoms with E-state index in [4.69, 9.17) is 21.5 Å². The number of halogens is 2. The Labute approximate surface area is 160 Å². The Hall–Kier alpha value is -2.75. The standard InChI is InChI=1S/C17H14ClFN4O3S/c1-26-15-5-2-10(8-13(15)19)14-6-7-21-17(23-14)22-11-3-4-12(18)16(9-11)27(20,24)25/h2-9H,1H3,(H2,20,24,25)(H,21,22,23). The van der Waals surface area contributed by atoms with Crippen molar-refractivity contribution in [1.82, 2.24) is 9.97 Å². The number of ether oxygens (including phenoxy) is 1. The predicted octanol–water partition coefficient (Wildman–Crippen LogP) is 3.34. The molecule has 2 aromatic carbocycles. The van der Waals surface area contributed by atoms with Gasteiger partial charge in [0.2, 0.25) is 16.0 Å². The van der Waals surface area contributed by atoms with Gasteiger partial charge in [-0.25, -0.2) is 27.9 Å². The Bertz CT molecular complexity index is 1110. The van der Waals surface area contributed by atoms with E-state index >= 15 is 0 Å². The molecule has 27 heavy (non-hydrogen) atoms. The van der Waals surface area contributed by atoms with Crippen LogP contribution >= 0.6 is 11.6 Å². The highest BCUT2D eigenvalue weighted by atomic mass is 35.5. The normalized spacial score (nSPS) is 11.3. The first-order chi connectivity index (χ1) is 12.8. The Kier molecular flexibility index (Phi) is 5.26. The van der Waals surface area contributed by atoms with Crippen molar-refractivity contribution in [3.63, 3.8) is 0 Å². The number of nitrogens with two attached hydrogens (primary N) is 1. The van der Waals surface area contributed by atoms with Crippen LogP contribution in [-0.4, -0.2) is 25.5 Å². The third-order valence-electron chi connectivity index (χ3n) is 3.60. The van der Waals surface area contributed by atoms with Crippen LogP contribution in [0.4, 0.5) is 16.0 Å². The molecular formula is C17H14ClFN4O3S. The molecule has 0 aliphatic carbocycles. The van der Waals surface area contributed by atoms with E-state index in [2.05, 4.69) is 15.3 Å². The van der Waals surface area contributed by atoms with Crippen molar-refractivity contribution in [3.05, 3.63) is 59.5 Å². The molecule has 0 spiro atoms. The zero-order chi connectivity index (χ0) is 19.6. The Balaban J connectivity index is 1.92. The van der Waals surface area contributed by atoms with E-state index in [0.29, 0.717) is 16.9 Å². The third-order valence-corrected chi connectivity index (χ3v) is 4.99. The van der Waals surface area contributed by atoms with Crippen LogP contribution in [0.25, 0.3) is 11.3 Å². The quantitative estimate of drug-likeness (QED) is 0.670. The first kappa shape index (κ1) is 19.0. The Morgan fingerprint density at radius 2 is 1.96 bits per heavy atom. The monoisotopic (exact) mass is 408 g/mol. The second kappa shape index (κ2) is 7.47. The van der Waals surface area contributed by atoms with Crippen LogP contribution in [0.2, 0.25) is 5.02 Å². The molecule has 10 heteroatoms. The van der Waals surface area contributed by atoms with E-state index < -0.39 is 15.8 Å². The van der Waals surface area contributed by atoms with Crippen molar-refractivity contribution in [2.45, 2.75) is 4.90 Å². The van der Waals surface area contributed by atoms with Gasteiger partial charge in [0.1, 0.15) is 4.90 Å². The lowest BCUT2D eigenvalue weighted by molar-refractivity contribution is 0.386. The van der Waals surface area contributed by atoms with Gasteiger partial charge >= 0.3 is 0 Å². The molecule has 7 nitrogen and oxygen atoms in total. The molecule has 140 valence electrons. The van der Waals surface area contributed by atoms with E-state index in [0.717, 1.165) is 0 Å². The highest BCUT2D eigenvalue weighted by molar-refractivity contribution is 7.89. The number of anilines is 2. The van der Waals surface area contributed by atoms with Crippen molar-refractivity contribution in [2.24, 2.45) is 5.14 Å². The lowest BCUT2D eigenvalue weighted by Crippen LogP contribution is -2.13. The molecule has 0 unspecified atom stereocenters. The van der Waals surface area contributed by atoms with Gasteiger partial charge in [0, 0.05) is 17.4 Å². The van der Waals surface area contributed by atoms with E-state index in [-0.39, 0.29) is 21.6 Å². The number of nitrogens with zero attached hydrogens (tertiary/aromatic N) is 2. The number of hydrogen-bond acceptors (Lipinski definition) is 6. The minimum absolute atomic E-state index is 0.00595. The fourth-order valence-electron chi connectivity index (χ4n) is 2.33. The van der Waals surface area contributed by atoms with Gasteiger partial charge in [-0.15, -0.1) is 0 Å². The molecule has 0 saturated heterocycles.